The third kappa shape index (κ3) is 1.37. The molecule has 2 aliphatic rings. The Labute approximate surface area is 103 Å². The molecule has 6 nitrogen and oxygen atoms in total. The number of nitrogen functional groups attached to an aromatic ring is 1. The van der Waals surface area contributed by atoms with Crippen LogP contribution in [-0.2, 0) is 10.0 Å². The second-order valence-corrected chi connectivity index (χ2v) is 7.04. The maximum absolute atomic E-state index is 12.2. The highest BCUT2D eigenvalue weighted by molar-refractivity contribution is 8.04. The van der Waals surface area contributed by atoms with Crippen LogP contribution in [0.15, 0.2) is 17.7 Å². The van der Waals surface area contributed by atoms with E-state index in [4.69, 9.17) is 5.73 Å². The minimum absolute atomic E-state index is 0.169. The van der Waals surface area contributed by atoms with Gasteiger partial charge in [-0.1, -0.05) is 6.08 Å². The molecule has 0 aliphatic carbocycles. The van der Waals surface area contributed by atoms with Crippen molar-refractivity contribution < 1.29 is 8.42 Å². The molecular formula is C9H10N4O2S2. The fraction of sp³-hybridized carbons (Fsp3) is 0.333. The second kappa shape index (κ2) is 3.36. The maximum atomic E-state index is 12.2. The molecule has 1 aromatic rings. The Balaban J connectivity index is 2.27. The number of aromatic nitrogens is 2. The molecule has 0 aromatic carbocycles. The van der Waals surface area contributed by atoms with Crippen molar-refractivity contribution in [1.29, 1.82) is 0 Å². The number of anilines is 2. The molecule has 0 fully saturated rings. The first-order valence-corrected chi connectivity index (χ1v) is 7.38. The lowest BCUT2D eigenvalue weighted by Crippen LogP contribution is -2.42. The minimum Gasteiger partial charge on any atom is -0.368 e. The van der Waals surface area contributed by atoms with E-state index in [2.05, 4.69) is 9.97 Å². The molecule has 2 N–H and O–H groups in total. The molecule has 0 bridgehead atoms. The monoisotopic (exact) mass is 270 g/mol. The van der Waals surface area contributed by atoms with Crippen molar-refractivity contribution in [3.63, 3.8) is 0 Å². The van der Waals surface area contributed by atoms with Gasteiger partial charge in [-0.3, -0.25) is 4.31 Å². The lowest BCUT2D eigenvalue weighted by molar-refractivity contribution is 0.581. The number of hydrogen-bond acceptors (Lipinski definition) is 6. The Kier molecular flexibility index (Phi) is 2.14. The van der Waals surface area contributed by atoms with Gasteiger partial charge in [0.2, 0.25) is 16.0 Å². The van der Waals surface area contributed by atoms with Crippen LogP contribution in [0, 0.1) is 0 Å². The average Bonchev–Trinajstić information content (AvgIpc) is 2.76. The highest BCUT2D eigenvalue weighted by Crippen LogP contribution is 2.49. The zero-order valence-corrected chi connectivity index (χ0v) is 10.6. The average molecular weight is 270 g/mol. The largest absolute Gasteiger partial charge is 0.368 e. The summed E-state index contributed by atoms with van der Waals surface area (Å²) in [7, 11) is -1.85. The molecule has 0 spiro atoms. The normalized spacial score (nSPS) is 28.9. The molecule has 0 amide bonds. The van der Waals surface area contributed by atoms with Crippen molar-refractivity contribution in [2.45, 2.75) is 10.5 Å². The van der Waals surface area contributed by atoms with Gasteiger partial charge in [0.1, 0.15) is 5.25 Å². The summed E-state index contributed by atoms with van der Waals surface area (Å²) in [6, 6.07) is 0. The molecule has 0 radical (unpaired) electrons. The van der Waals surface area contributed by atoms with E-state index in [-0.39, 0.29) is 11.2 Å². The summed E-state index contributed by atoms with van der Waals surface area (Å²) < 4.78 is 25.7. The van der Waals surface area contributed by atoms with E-state index in [1.807, 2.05) is 0 Å². The zero-order valence-electron chi connectivity index (χ0n) is 8.94. The summed E-state index contributed by atoms with van der Waals surface area (Å²) in [4.78, 5) is 8.03. The predicted molar refractivity (Wildman–Crippen MR) is 67.0 cm³/mol. The van der Waals surface area contributed by atoms with Gasteiger partial charge in [-0.15, -0.1) is 11.8 Å². The van der Waals surface area contributed by atoms with Gasteiger partial charge < -0.3 is 5.73 Å². The van der Waals surface area contributed by atoms with E-state index in [1.54, 1.807) is 11.5 Å². The van der Waals surface area contributed by atoms with E-state index >= 15 is 0 Å². The van der Waals surface area contributed by atoms with Crippen LogP contribution in [0.2, 0.25) is 0 Å². The number of fused-ring (bicyclic) bond motifs is 3. The van der Waals surface area contributed by atoms with Gasteiger partial charge in [0.15, 0.2) is 0 Å². The number of thioether (sulfide) groups is 1. The van der Waals surface area contributed by atoms with Crippen molar-refractivity contribution in [1.82, 2.24) is 9.97 Å². The standard InChI is InChI=1S/C9H10N4O2S2/c1-13-5-4-11-9(10)12-7(5)8-6(2-3-16-8)17(13,14)15/h2-4,6,8H,1H3,(H2,10,11,12)/t6-,8-/m0/s1. The highest BCUT2D eigenvalue weighted by Gasteiger charge is 2.45. The van der Waals surface area contributed by atoms with Crippen LogP contribution < -0.4 is 10.0 Å². The molecule has 8 heteroatoms. The molecule has 2 atom stereocenters. The summed E-state index contributed by atoms with van der Waals surface area (Å²) in [5.41, 5.74) is 6.76. The van der Waals surface area contributed by atoms with Gasteiger partial charge >= 0.3 is 0 Å². The first-order chi connectivity index (χ1) is 8.01. The first kappa shape index (κ1) is 10.8. The van der Waals surface area contributed by atoms with E-state index in [0.29, 0.717) is 11.4 Å². The SMILES string of the molecule is CN1c2cnc(N)nc2[C@H]2SC=C[C@@H]2S1(=O)=O. The smallest absolute Gasteiger partial charge is 0.243 e. The van der Waals surface area contributed by atoms with Crippen LogP contribution in [0.3, 0.4) is 0 Å². The summed E-state index contributed by atoms with van der Waals surface area (Å²) >= 11 is 1.45. The molecule has 90 valence electrons. The van der Waals surface area contributed by atoms with Gasteiger partial charge in [0.25, 0.3) is 0 Å². The molecule has 3 heterocycles. The van der Waals surface area contributed by atoms with Gasteiger partial charge in [0.05, 0.1) is 22.8 Å². The van der Waals surface area contributed by atoms with Crippen molar-refractivity contribution in [2.24, 2.45) is 0 Å². The Hall–Kier alpha value is -1.28. The van der Waals surface area contributed by atoms with Crippen molar-refractivity contribution >= 4 is 33.4 Å². The maximum Gasteiger partial charge on any atom is 0.243 e. The lowest BCUT2D eigenvalue weighted by atomic mass is 10.2. The Bertz CT molecular complexity index is 613. The molecule has 0 unspecified atom stereocenters. The predicted octanol–water partition coefficient (Wildman–Crippen LogP) is 0.509. The van der Waals surface area contributed by atoms with Crippen molar-refractivity contribution in [3.05, 3.63) is 23.4 Å². The third-order valence-corrected chi connectivity index (χ3v) is 6.32. The van der Waals surface area contributed by atoms with Crippen LogP contribution in [0.5, 0.6) is 0 Å². The fourth-order valence-electron chi connectivity index (χ4n) is 2.04. The summed E-state index contributed by atoms with van der Waals surface area (Å²) in [5.74, 6) is 0.169. The number of hydrogen-bond donors (Lipinski definition) is 1. The molecule has 3 rings (SSSR count). The number of nitrogens with two attached hydrogens (primary N) is 1. The topological polar surface area (TPSA) is 89.2 Å². The molecule has 0 saturated carbocycles. The number of nitrogens with zero attached hydrogens (tertiary/aromatic N) is 3. The first-order valence-electron chi connectivity index (χ1n) is 4.94. The number of sulfonamides is 1. The van der Waals surface area contributed by atoms with Crippen molar-refractivity contribution in [3.8, 4) is 0 Å². The van der Waals surface area contributed by atoms with Crippen LogP contribution in [0.1, 0.15) is 10.9 Å². The van der Waals surface area contributed by atoms with Gasteiger partial charge in [-0.05, 0) is 5.41 Å². The van der Waals surface area contributed by atoms with Gasteiger partial charge in [0, 0.05) is 7.05 Å². The van der Waals surface area contributed by atoms with E-state index in [1.165, 1.54) is 29.3 Å². The third-order valence-electron chi connectivity index (χ3n) is 2.94. The zero-order chi connectivity index (χ0) is 12.2. The molecule has 1 aromatic heterocycles. The van der Waals surface area contributed by atoms with Crippen molar-refractivity contribution in [2.75, 3.05) is 17.1 Å². The minimum atomic E-state index is -3.36. The molecule has 0 saturated heterocycles. The van der Waals surface area contributed by atoms with Crippen LogP contribution in [0.25, 0.3) is 0 Å². The Morgan fingerprint density at radius 1 is 1.53 bits per heavy atom. The highest BCUT2D eigenvalue weighted by atomic mass is 32.2. The van der Waals surface area contributed by atoms with E-state index in [0.717, 1.165) is 0 Å². The van der Waals surface area contributed by atoms with Gasteiger partial charge in [-0.25, -0.2) is 18.4 Å². The van der Waals surface area contributed by atoms with Crippen LogP contribution in [-0.4, -0.2) is 30.7 Å². The number of rotatable bonds is 0. The Morgan fingerprint density at radius 2 is 2.29 bits per heavy atom. The van der Waals surface area contributed by atoms with Crippen LogP contribution >= 0.6 is 11.8 Å². The summed E-state index contributed by atoms with van der Waals surface area (Å²) in [6.45, 7) is 0. The summed E-state index contributed by atoms with van der Waals surface area (Å²) in [6.07, 6.45) is 3.16. The second-order valence-electron chi connectivity index (χ2n) is 3.86. The van der Waals surface area contributed by atoms with Gasteiger partial charge in [-0.2, -0.15) is 0 Å². The van der Waals surface area contributed by atoms with Crippen LogP contribution in [0.4, 0.5) is 11.6 Å². The molecular weight excluding hydrogens is 260 g/mol. The quantitative estimate of drug-likeness (QED) is 0.738. The molecule has 2 aliphatic heterocycles. The Morgan fingerprint density at radius 3 is 3.06 bits per heavy atom. The van der Waals surface area contributed by atoms with E-state index < -0.39 is 15.3 Å². The molecule has 17 heavy (non-hydrogen) atoms. The lowest BCUT2D eigenvalue weighted by Gasteiger charge is -2.33. The van der Waals surface area contributed by atoms with E-state index in [9.17, 15) is 8.42 Å². The summed E-state index contributed by atoms with van der Waals surface area (Å²) in [5, 5.41) is 1.03. The fourth-order valence-corrected chi connectivity index (χ4v) is 5.22.